The van der Waals surface area contributed by atoms with Crippen molar-refractivity contribution in [1.82, 2.24) is 0 Å². The van der Waals surface area contributed by atoms with Crippen LogP contribution in [0.5, 0.6) is 0 Å². The van der Waals surface area contributed by atoms with E-state index in [1.54, 1.807) is 0 Å². The Balaban J connectivity index is 1.28. The molecule has 0 aliphatic carbocycles. The van der Waals surface area contributed by atoms with Gasteiger partial charge in [0.1, 0.15) is 11.2 Å². The molecule has 11 rings (SSSR count). The molecule has 9 aromatic carbocycles. The van der Waals surface area contributed by atoms with Crippen LogP contribution < -0.4 is 4.90 Å². The highest BCUT2D eigenvalue weighted by molar-refractivity contribution is 7.26. The zero-order chi connectivity index (χ0) is 37.7. The van der Waals surface area contributed by atoms with Gasteiger partial charge in [-0.3, -0.25) is 0 Å². The average molecular weight is 746 g/mol. The fourth-order valence-electron chi connectivity index (χ4n) is 8.47. The minimum absolute atomic E-state index is 0.866. The molecule has 0 radical (unpaired) electrons. The van der Waals surface area contributed by atoms with Gasteiger partial charge in [-0.2, -0.15) is 0 Å². The summed E-state index contributed by atoms with van der Waals surface area (Å²) in [6.45, 7) is 0. The van der Waals surface area contributed by atoms with Crippen LogP contribution in [0.1, 0.15) is 0 Å². The second-order valence-electron chi connectivity index (χ2n) is 14.4. The van der Waals surface area contributed by atoms with Gasteiger partial charge in [0, 0.05) is 37.5 Å². The van der Waals surface area contributed by atoms with Crippen molar-refractivity contribution < 1.29 is 4.42 Å². The minimum atomic E-state index is 0.866. The van der Waals surface area contributed by atoms with Gasteiger partial charge in [0.2, 0.25) is 0 Å². The molecule has 0 atom stereocenters. The lowest BCUT2D eigenvalue weighted by atomic mass is 9.93. The summed E-state index contributed by atoms with van der Waals surface area (Å²) in [5.74, 6) is 0. The number of nitrogens with zero attached hydrogens (tertiary/aromatic N) is 1. The van der Waals surface area contributed by atoms with Gasteiger partial charge in [0.15, 0.2) is 0 Å². The van der Waals surface area contributed by atoms with Gasteiger partial charge >= 0.3 is 0 Å². The normalized spacial score (nSPS) is 11.5. The zero-order valence-electron chi connectivity index (χ0n) is 31.0. The van der Waals surface area contributed by atoms with E-state index in [1.807, 2.05) is 11.3 Å². The first-order valence-electron chi connectivity index (χ1n) is 19.3. The number of hydrogen-bond donors (Lipinski definition) is 0. The van der Waals surface area contributed by atoms with Gasteiger partial charge in [-0.1, -0.05) is 182 Å². The van der Waals surface area contributed by atoms with Gasteiger partial charge in [-0.25, -0.2) is 0 Å². The Morgan fingerprint density at radius 1 is 0.368 bits per heavy atom. The number of hydrogen-bond acceptors (Lipinski definition) is 3. The Hall–Kier alpha value is -7.20. The Bertz CT molecular complexity index is 3160. The number of furan rings is 1. The van der Waals surface area contributed by atoms with E-state index in [9.17, 15) is 0 Å². The summed E-state index contributed by atoms with van der Waals surface area (Å²) in [5.41, 5.74) is 14.3. The Kier molecular flexibility index (Phi) is 8.04. The van der Waals surface area contributed by atoms with Gasteiger partial charge < -0.3 is 9.32 Å². The van der Waals surface area contributed by atoms with Crippen LogP contribution in [0.15, 0.2) is 217 Å². The molecule has 0 amide bonds. The molecule has 11 aromatic rings. The number of fused-ring (bicyclic) bond motifs is 6. The first-order chi connectivity index (χ1) is 28.3. The molecule has 0 fully saturated rings. The molecule has 3 heteroatoms. The molecule has 2 aromatic heterocycles. The van der Waals surface area contributed by atoms with Crippen molar-refractivity contribution in [3.8, 4) is 44.5 Å². The van der Waals surface area contributed by atoms with Gasteiger partial charge in [0.05, 0.1) is 27.1 Å². The molecular weight excluding hydrogens is 711 g/mol. The number of para-hydroxylation sites is 2. The van der Waals surface area contributed by atoms with Crippen molar-refractivity contribution in [1.29, 1.82) is 0 Å². The van der Waals surface area contributed by atoms with Crippen LogP contribution in [0.2, 0.25) is 0 Å². The first-order valence-corrected chi connectivity index (χ1v) is 20.2. The minimum Gasteiger partial charge on any atom is -0.455 e. The Labute approximate surface area is 335 Å². The summed E-state index contributed by atoms with van der Waals surface area (Å²) >= 11 is 1.86. The third-order valence-corrected chi connectivity index (χ3v) is 12.3. The average Bonchev–Trinajstić information content (AvgIpc) is 3.87. The third-order valence-electron chi connectivity index (χ3n) is 11.1. The van der Waals surface area contributed by atoms with Crippen molar-refractivity contribution in [2.24, 2.45) is 0 Å². The molecule has 0 bridgehead atoms. The molecule has 2 nitrogen and oxygen atoms in total. The van der Waals surface area contributed by atoms with E-state index in [0.717, 1.165) is 72.4 Å². The van der Waals surface area contributed by atoms with E-state index >= 15 is 0 Å². The second-order valence-corrected chi connectivity index (χ2v) is 15.5. The van der Waals surface area contributed by atoms with Crippen LogP contribution >= 0.6 is 11.3 Å². The summed E-state index contributed by atoms with van der Waals surface area (Å²) in [6.07, 6.45) is 0. The van der Waals surface area contributed by atoms with Gasteiger partial charge in [0.25, 0.3) is 0 Å². The molecular formula is C54H35NOS. The molecule has 0 aliphatic rings. The van der Waals surface area contributed by atoms with Crippen molar-refractivity contribution >= 4 is 70.5 Å². The topological polar surface area (TPSA) is 16.4 Å². The summed E-state index contributed by atoms with van der Waals surface area (Å²) in [4.78, 5) is 2.53. The highest BCUT2D eigenvalue weighted by atomic mass is 32.1. The van der Waals surface area contributed by atoms with Crippen LogP contribution in [0.25, 0.3) is 86.6 Å². The number of anilines is 3. The SMILES string of the molecule is c1ccc(-c2ccc3c(c2)sc2c(N(c4c(-c5ccccc5)cccc4-c4ccccc4)c4ccc(-c5ccccc5)c5oc6ccccc6c45)cccc23)cc1. The van der Waals surface area contributed by atoms with E-state index in [4.69, 9.17) is 4.42 Å². The standard InChI is InChI=1S/C54H35NOS/c1-5-17-36(18-6-1)40-31-32-44-45-28-16-29-48(54(45)57-50(44)35-40)55(52-41(37-19-7-2-8-20-37)26-15-27-42(52)38-21-9-3-10-22-38)47-34-33-43(39-23-11-4-12-24-39)53-51(47)46-25-13-14-30-49(46)56-53/h1-35H. The van der Waals surface area contributed by atoms with Crippen molar-refractivity contribution in [3.05, 3.63) is 212 Å². The van der Waals surface area contributed by atoms with Gasteiger partial charge in [-0.05, 0) is 58.1 Å². The van der Waals surface area contributed by atoms with Crippen LogP contribution in [-0.4, -0.2) is 0 Å². The Morgan fingerprint density at radius 2 is 0.930 bits per heavy atom. The fraction of sp³-hybridized carbons (Fsp3) is 0. The van der Waals surface area contributed by atoms with E-state index in [0.29, 0.717) is 0 Å². The quantitative estimate of drug-likeness (QED) is 0.162. The molecule has 268 valence electrons. The maximum atomic E-state index is 6.90. The number of rotatable bonds is 7. The van der Waals surface area contributed by atoms with Crippen molar-refractivity contribution in [2.45, 2.75) is 0 Å². The van der Waals surface area contributed by atoms with E-state index in [1.165, 1.54) is 31.3 Å². The van der Waals surface area contributed by atoms with E-state index in [-0.39, 0.29) is 0 Å². The zero-order valence-corrected chi connectivity index (χ0v) is 31.8. The number of thiophene rings is 1. The lowest BCUT2D eigenvalue weighted by Gasteiger charge is -2.31. The lowest BCUT2D eigenvalue weighted by Crippen LogP contribution is -2.13. The maximum Gasteiger partial charge on any atom is 0.145 e. The molecule has 0 spiro atoms. The summed E-state index contributed by atoms with van der Waals surface area (Å²) in [5, 5.41) is 4.66. The lowest BCUT2D eigenvalue weighted by molar-refractivity contribution is 0.670. The third kappa shape index (κ3) is 5.63. The van der Waals surface area contributed by atoms with Gasteiger partial charge in [-0.15, -0.1) is 11.3 Å². The number of benzene rings is 9. The molecule has 0 N–H and O–H groups in total. The largest absolute Gasteiger partial charge is 0.455 e. The van der Waals surface area contributed by atoms with Crippen LogP contribution in [0.3, 0.4) is 0 Å². The molecule has 2 heterocycles. The van der Waals surface area contributed by atoms with Crippen LogP contribution in [0, 0.1) is 0 Å². The van der Waals surface area contributed by atoms with Crippen molar-refractivity contribution in [3.63, 3.8) is 0 Å². The van der Waals surface area contributed by atoms with Crippen LogP contribution in [-0.2, 0) is 0 Å². The highest BCUT2D eigenvalue weighted by Crippen LogP contribution is 2.53. The molecule has 0 aliphatic heterocycles. The smallest absolute Gasteiger partial charge is 0.145 e. The molecule has 0 unspecified atom stereocenters. The van der Waals surface area contributed by atoms with E-state index < -0.39 is 0 Å². The second kappa shape index (κ2) is 13.8. The summed E-state index contributed by atoms with van der Waals surface area (Å²) in [6, 6.07) is 76.3. The monoisotopic (exact) mass is 745 g/mol. The molecule has 0 saturated carbocycles. The Morgan fingerprint density at radius 3 is 1.60 bits per heavy atom. The predicted octanol–water partition coefficient (Wildman–Crippen LogP) is 16.1. The molecule has 0 saturated heterocycles. The summed E-state index contributed by atoms with van der Waals surface area (Å²) in [7, 11) is 0. The van der Waals surface area contributed by atoms with E-state index in [2.05, 4.69) is 217 Å². The summed E-state index contributed by atoms with van der Waals surface area (Å²) < 4.78 is 9.39. The predicted molar refractivity (Wildman–Crippen MR) is 243 cm³/mol. The van der Waals surface area contributed by atoms with Crippen molar-refractivity contribution in [2.75, 3.05) is 4.90 Å². The fourth-order valence-corrected chi connectivity index (χ4v) is 9.71. The first kappa shape index (κ1) is 33.2. The highest BCUT2D eigenvalue weighted by Gasteiger charge is 2.28. The maximum absolute atomic E-state index is 6.90. The van der Waals surface area contributed by atoms with Crippen LogP contribution in [0.4, 0.5) is 17.1 Å². The molecule has 57 heavy (non-hydrogen) atoms.